The molecule has 0 aromatic heterocycles. The number of rotatable bonds is 10. The van der Waals surface area contributed by atoms with E-state index in [1.807, 2.05) is 6.07 Å². The van der Waals surface area contributed by atoms with Crippen LogP contribution >= 0.6 is 0 Å². The number of hydrogen-bond acceptors (Lipinski definition) is 0. The summed E-state index contributed by atoms with van der Waals surface area (Å²) in [6.07, 6.45) is 9.61. The van der Waals surface area contributed by atoms with Gasteiger partial charge in [0.1, 0.15) is 0 Å². The van der Waals surface area contributed by atoms with Crippen molar-refractivity contribution in [2.24, 2.45) is 0 Å². The molecule has 0 atom stereocenters. The Hall–Kier alpha value is -4.37. The maximum atomic E-state index is 3.31. The van der Waals surface area contributed by atoms with Gasteiger partial charge in [0.25, 0.3) is 0 Å². The van der Waals surface area contributed by atoms with Crippen LogP contribution in [0.5, 0.6) is 0 Å². The van der Waals surface area contributed by atoms with Crippen LogP contribution in [-0.4, -0.2) is 9.52 Å². The zero-order chi connectivity index (χ0) is 38.0. The predicted octanol–water partition coefficient (Wildman–Crippen LogP) is 13.4. The maximum absolute atomic E-state index is 3.31. The molecular formula is C54H53HfSi-3. The van der Waals surface area contributed by atoms with Gasteiger partial charge in [-0.15, -0.1) is 74.6 Å². The average Bonchev–Trinajstić information content (AvgIpc) is 3.97. The summed E-state index contributed by atoms with van der Waals surface area (Å²) in [5.74, 6) is 0. The topological polar surface area (TPSA) is 0 Å². The molecule has 1 aliphatic rings. The Kier molecular flexibility index (Phi) is 14.9. The standard InChI is InChI=1S/2C21H23.C12H7Si.Hf/c2*1-3-5-9-16-14-18-11-8-13-20(21(18)15-16)19-12-7-6-10-17(19)4-2;1-3-7-11-9(5-1)10-6-2-4-8-12(10)13-11;/h2*6-8,10-15H,3-5,9H2,1-2H3;1-7H;/q3*-1;. The van der Waals surface area contributed by atoms with Gasteiger partial charge in [0, 0.05) is 25.8 Å². The summed E-state index contributed by atoms with van der Waals surface area (Å²) in [7, 11) is 0.795. The molecule has 56 heavy (non-hydrogen) atoms. The van der Waals surface area contributed by atoms with Gasteiger partial charge in [0.15, 0.2) is 0 Å². The zero-order valence-corrected chi connectivity index (χ0v) is 38.2. The molecule has 2 radical (unpaired) electrons. The fourth-order valence-electron chi connectivity index (χ4n) is 8.02. The van der Waals surface area contributed by atoms with E-state index < -0.39 is 0 Å². The van der Waals surface area contributed by atoms with Crippen molar-refractivity contribution in [3.63, 3.8) is 0 Å². The van der Waals surface area contributed by atoms with E-state index in [0.29, 0.717) is 0 Å². The molecule has 2 heteroatoms. The first-order valence-corrected chi connectivity index (χ1v) is 21.5. The van der Waals surface area contributed by atoms with E-state index in [-0.39, 0.29) is 25.8 Å². The molecule has 0 bridgehead atoms. The molecule has 8 aromatic carbocycles. The van der Waals surface area contributed by atoms with E-state index in [0.717, 1.165) is 22.4 Å². The summed E-state index contributed by atoms with van der Waals surface area (Å²) in [5.41, 5.74) is 14.1. The number of benzene rings is 6. The van der Waals surface area contributed by atoms with Crippen LogP contribution in [0.15, 0.2) is 152 Å². The van der Waals surface area contributed by atoms with Crippen molar-refractivity contribution in [1.82, 2.24) is 0 Å². The quantitative estimate of drug-likeness (QED) is 0.0947. The summed E-state index contributed by atoms with van der Waals surface area (Å²) >= 11 is 0. The fraction of sp³-hybridized carbons (Fsp3) is 0.222. The zero-order valence-electron chi connectivity index (χ0n) is 33.6. The second-order valence-electron chi connectivity index (χ2n) is 14.7. The van der Waals surface area contributed by atoms with E-state index in [9.17, 15) is 0 Å². The first-order valence-electron chi connectivity index (χ1n) is 20.5. The number of fused-ring (bicyclic) bond motifs is 5. The van der Waals surface area contributed by atoms with Crippen molar-refractivity contribution < 1.29 is 25.8 Å². The third-order valence-corrected chi connectivity index (χ3v) is 12.3. The predicted molar refractivity (Wildman–Crippen MR) is 242 cm³/mol. The van der Waals surface area contributed by atoms with Crippen molar-refractivity contribution in [2.45, 2.75) is 79.1 Å². The second kappa shape index (κ2) is 20.2. The molecule has 0 spiro atoms. The normalized spacial score (nSPS) is 11.2. The minimum atomic E-state index is 0. The molecule has 0 saturated heterocycles. The van der Waals surface area contributed by atoms with Crippen LogP contribution in [0.2, 0.25) is 0 Å². The molecule has 9 rings (SSSR count). The summed E-state index contributed by atoms with van der Waals surface area (Å²) in [5, 5.41) is 8.40. The monoisotopic (exact) mass is 909 g/mol. The number of unbranched alkanes of at least 4 members (excludes halogenated alkanes) is 2. The SMILES string of the molecule is CCCCc1cc2c(-c3ccccc3CC)cccc2[cH-]1.CCCCc1cc2c(-c3ccccc3CC)cccc2[cH-]1.[Hf].[c-]1cccc2c1[Si]c1ccccc1-2. The molecule has 0 nitrogen and oxygen atoms in total. The van der Waals surface area contributed by atoms with Crippen LogP contribution in [0.4, 0.5) is 0 Å². The Balaban J connectivity index is 0.000000145. The third-order valence-electron chi connectivity index (χ3n) is 11.0. The van der Waals surface area contributed by atoms with Crippen molar-refractivity contribution in [1.29, 1.82) is 0 Å². The Morgan fingerprint density at radius 2 is 0.946 bits per heavy atom. The number of aryl methyl sites for hydroxylation is 4. The molecule has 8 aromatic rings. The van der Waals surface area contributed by atoms with E-state index in [2.05, 4.69) is 179 Å². The minimum absolute atomic E-state index is 0. The van der Waals surface area contributed by atoms with Gasteiger partial charge < -0.3 is 0 Å². The van der Waals surface area contributed by atoms with Crippen LogP contribution in [0, 0.1) is 6.07 Å². The number of hydrogen-bond donors (Lipinski definition) is 0. The Labute approximate surface area is 357 Å². The van der Waals surface area contributed by atoms with Gasteiger partial charge >= 0.3 is 0 Å². The molecule has 0 unspecified atom stereocenters. The first kappa shape index (κ1) is 41.3. The molecule has 0 amide bonds. The molecule has 0 N–H and O–H groups in total. The van der Waals surface area contributed by atoms with Gasteiger partial charge in [-0.2, -0.15) is 41.6 Å². The van der Waals surface area contributed by atoms with Crippen molar-refractivity contribution >= 4 is 41.4 Å². The minimum Gasteiger partial charge on any atom is -0.184 e. The van der Waals surface area contributed by atoms with Gasteiger partial charge in [-0.05, 0) is 47.9 Å². The third kappa shape index (κ3) is 9.42. The summed E-state index contributed by atoms with van der Waals surface area (Å²) in [6.45, 7) is 8.98. The molecule has 1 heterocycles. The molecule has 0 fully saturated rings. The summed E-state index contributed by atoms with van der Waals surface area (Å²) in [4.78, 5) is 0. The Morgan fingerprint density at radius 1 is 0.482 bits per heavy atom. The van der Waals surface area contributed by atoms with Crippen LogP contribution in [0.25, 0.3) is 54.9 Å². The van der Waals surface area contributed by atoms with E-state index in [1.165, 1.54) is 126 Å². The van der Waals surface area contributed by atoms with Gasteiger partial charge in [-0.25, -0.2) is 0 Å². The Morgan fingerprint density at radius 3 is 1.46 bits per heavy atom. The van der Waals surface area contributed by atoms with Gasteiger partial charge in [-0.1, -0.05) is 160 Å². The van der Waals surface area contributed by atoms with E-state index >= 15 is 0 Å². The van der Waals surface area contributed by atoms with Crippen molar-refractivity contribution in [3.8, 4) is 33.4 Å². The van der Waals surface area contributed by atoms with E-state index in [4.69, 9.17) is 0 Å². The van der Waals surface area contributed by atoms with Crippen molar-refractivity contribution in [2.75, 3.05) is 0 Å². The van der Waals surface area contributed by atoms with Crippen LogP contribution in [0.3, 0.4) is 0 Å². The van der Waals surface area contributed by atoms with Crippen LogP contribution in [-0.2, 0) is 51.5 Å². The summed E-state index contributed by atoms with van der Waals surface area (Å²) < 4.78 is 0. The molecule has 0 aliphatic carbocycles. The molecule has 0 saturated carbocycles. The average molecular weight is 909 g/mol. The second-order valence-corrected chi connectivity index (χ2v) is 16.0. The van der Waals surface area contributed by atoms with Crippen LogP contribution in [0.1, 0.15) is 75.6 Å². The Bertz CT molecular complexity index is 2300. The fourth-order valence-corrected chi connectivity index (χ4v) is 9.33. The summed E-state index contributed by atoms with van der Waals surface area (Å²) in [6, 6.07) is 58.6. The van der Waals surface area contributed by atoms with Gasteiger partial charge in [0.05, 0.1) is 9.52 Å². The van der Waals surface area contributed by atoms with Gasteiger partial charge in [0.2, 0.25) is 0 Å². The van der Waals surface area contributed by atoms with Gasteiger partial charge in [-0.3, -0.25) is 0 Å². The molecular weight excluding hydrogens is 855 g/mol. The maximum Gasteiger partial charge on any atom is 0.0920 e. The molecule has 1 aliphatic heterocycles. The smallest absolute Gasteiger partial charge is 0.0920 e. The van der Waals surface area contributed by atoms with Crippen molar-refractivity contribution in [3.05, 3.63) is 180 Å². The van der Waals surface area contributed by atoms with Crippen LogP contribution < -0.4 is 10.4 Å². The van der Waals surface area contributed by atoms with E-state index in [1.54, 1.807) is 0 Å². The largest absolute Gasteiger partial charge is 0.184 e. The first-order chi connectivity index (χ1) is 27.1. The molecule has 280 valence electrons.